The SMILES string of the molecule is Cc1nnc(SCc2ccc(C(=O)N3CCOCC3)cc2)n1-c1cccc(C(F)(F)F)c1. The Morgan fingerprint density at radius 1 is 1.09 bits per heavy atom. The van der Waals surface area contributed by atoms with Crippen molar-refractivity contribution in [2.24, 2.45) is 0 Å². The van der Waals surface area contributed by atoms with Crippen molar-refractivity contribution in [1.29, 1.82) is 0 Å². The van der Waals surface area contributed by atoms with Gasteiger partial charge in [0.1, 0.15) is 5.82 Å². The topological polar surface area (TPSA) is 60.3 Å². The Bertz CT molecular complexity index is 1090. The molecule has 1 aromatic heterocycles. The zero-order valence-electron chi connectivity index (χ0n) is 17.3. The lowest BCUT2D eigenvalue weighted by atomic mass is 10.1. The largest absolute Gasteiger partial charge is 0.416 e. The highest BCUT2D eigenvalue weighted by Crippen LogP contribution is 2.32. The van der Waals surface area contributed by atoms with Gasteiger partial charge in [-0.3, -0.25) is 9.36 Å². The number of benzene rings is 2. The molecule has 0 aliphatic carbocycles. The fourth-order valence-corrected chi connectivity index (χ4v) is 4.35. The number of amides is 1. The summed E-state index contributed by atoms with van der Waals surface area (Å²) in [6.45, 7) is 3.96. The van der Waals surface area contributed by atoms with E-state index in [-0.39, 0.29) is 5.91 Å². The first-order valence-electron chi connectivity index (χ1n) is 10.0. The minimum absolute atomic E-state index is 0.0209. The number of carbonyl (C=O) groups is 1. The second kappa shape index (κ2) is 9.33. The maximum absolute atomic E-state index is 13.1. The third-order valence-corrected chi connectivity index (χ3v) is 6.09. The van der Waals surface area contributed by atoms with Gasteiger partial charge in [0.25, 0.3) is 5.91 Å². The average Bonchev–Trinajstić information content (AvgIpc) is 3.18. The molecule has 10 heteroatoms. The Labute approximate surface area is 187 Å². The summed E-state index contributed by atoms with van der Waals surface area (Å²) in [5, 5.41) is 8.66. The average molecular weight is 462 g/mol. The molecule has 168 valence electrons. The summed E-state index contributed by atoms with van der Waals surface area (Å²) in [6, 6.07) is 12.4. The van der Waals surface area contributed by atoms with E-state index in [9.17, 15) is 18.0 Å². The summed E-state index contributed by atoms with van der Waals surface area (Å²) >= 11 is 1.37. The molecule has 32 heavy (non-hydrogen) atoms. The van der Waals surface area contributed by atoms with Gasteiger partial charge >= 0.3 is 6.18 Å². The fraction of sp³-hybridized carbons (Fsp3) is 0.318. The molecular formula is C22H21F3N4O2S. The van der Waals surface area contributed by atoms with Crippen molar-refractivity contribution in [2.75, 3.05) is 26.3 Å². The molecule has 0 spiro atoms. The normalized spacial score (nSPS) is 14.6. The van der Waals surface area contributed by atoms with Crippen molar-refractivity contribution in [2.45, 2.75) is 24.0 Å². The molecule has 1 aliphatic heterocycles. The van der Waals surface area contributed by atoms with Crippen molar-refractivity contribution in [3.8, 4) is 5.69 Å². The number of morpholine rings is 1. The summed E-state index contributed by atoms with van der Waals surface area (Å²) in [5.74, 6) is 1.01. The molecule has 3 aromatic rings. The highest BCUT2D eigenvalue weighted by Gasteiger charge is 2.31. The number of alkyl halides is 3. The van der Waals surface area contributed by atoms with E-state index in [0.29, 0.717) is 54.3 Å². The number of aryl methyl sites for hydroxylation is 1. The van der Waals surface area contributed by atoms with E-state index < -0.39 is 11.7 Å². The molecule has 6 nitrogen and oxygen atoms in total. The fourth-order valence-electron chi connectivity index (χ4n) is 3.40. The molecule has 0 bridgehead atoms. The van der Waals surface area contributed by atoms with E-state index in [0.717, 1.165) is 17.7 Å². The van der Waals surface area contributed by atoms with Gasteiger partial charge in [0.2, 0.25) is 0 Å². The Morgan fingerprint density at radius 3 is 2.50 bits per heavy atom. The van der Waals surface area contributed by atoms with E-state index in [4.69, 9.17) is 4.74 Å². The van der Waals surface area contributed by atoms with Gasteiger partial charge in [-0.2, -0.15) is 13.2 Å². The quantitative estimate of drug-likeness (QED) is 0.528. The van der Waals surface area contributed by atoms with Crippen LogP contribution in [0.1, 0.15) is 27.3 Å². The molecule has 4 rings (SSSR count). The van der Waals surface area contributed by atoms with Gasteiger partial charge in [-0.25, -0.2) is 0 Å². The van der Waals surface area contributed by atoms with Crippen molar-refractivity contribution in [1.82, 2.24) is 19.7 Å². The van der Waals surface area contributed by atoms with Crippen LogP contribution in [0.25, 0.3) is 5.69 Å². The van der Waals surface area contributed by atoms with Crippen LogP contribution in [0.15, 0.2) is 53.7 Å². The van der Waals surface area contributed by atoms with Crippen LogP contribution < -0.4 is 0 Å². The number of carbonyl (C=O) groups excluding carboxylic acids is 1. The third kappa shape index (κ3) is 4.97. The van der Waals surface area contributed by atoms with Crippen LogP contribution in [0.4, 0.5) is 13.2 Å². The third-order valence-electron chi connectivity index (χ3n) is 5.09. The van der Waals surface area contributed by atoms with Gasteiger partial charge in [0.05, 0.1) is 18.8 Å². The van der Waals surface area contributed by atoms with E-state index in [2.05, 4.69) is 10.2 Å². The van der Waals surface area contributed by atoms with Crippen molar-refractivity contribution in [3.05, 3.63) is 71.0 Å². The van der Waals surface area contributed by atoms with Crippen molar-refractivity contribution >= 4 is 17.7 Å². The van der Waals surface area contributed by atoms with Crippen LogP contribution in [0.2, 0.25) is 0 Å². The Balaban J connectivity index is 1.47. The molecule has 0 unspecified atom stereocenters. The lowest BCUT2D eigenvalue weighted by Gasteiger charge is -2.26. The molecule has 0 atom stereocenters. The van der Waals surface area contributed by atoms with E-state index >= 15 is 0 Å². The van der Waals surface area contributed by atoms with Crippen LogP contribution in [0.5, 0.6) is 0 Å². The van der Waals surface area contributed by atoms with Gasteiger partial charge in [0.15, 0.2) is 5.16 Å². The number of aromatic nitrogens is 3. The predicted octanol–water partition coefficient (Wildman–Crippen LogP) is 4.36. The Hall–Kier alpha value is -2.85. The maximum atomic E-state index is 13.1. The van der Waals surface area contributed by atoms with Crippen LogP contribution in [-0.4, -0.2) is 51.9 Å². The smallest absolute Gasteiger partial charge is 0.378 e. The van der Waals surface area contributed by atoms with E-state index in [1.54, 1.807) is 34.6 Å². The molecule has 1 saturated heterocycles. The van der Waals surface area contributed by atoms with Gasteiger partial charge in [-0.15, -0.1) is 10.2 Å². The number of ether oxygens (including phenoxy) is 1. The standard InChI is InChI=1S/C22H21F3N4O2S/c1-15-26-27-21(29(15)19-4-2-3-18(13-19)22(23,24)25)32-14-16-5-7-17(8-6-16)20(30)28-9-11-31-12-10-28/h2-8,13H,9-12,14H2,1H3. The summed E-state index contributed by atoms with van der Waals surface area (Å²) in [7, 11) is 0. The minimum atomic E-state index is -4.42. The van der Waals surface area contributed by atoms with Gasteiger partial charge in [-0.05, 0) is 42.8 Å². The lowest BCUT2D eigenvalue weighted by Crippen LogP contribution is -2.40. The first-order chi connectivity index (χ1) is 15.3. The molecule has 2 aromatic carbocycles. The Kier molecular flexibility index (Phi) is 6.52. The van der Waals surface area contributed by atoms with Crippen molar-refractivity contribution < 1.29 is 22.7 Å². The highest BCUT2D eigenvalue weighted by atomic mass is 32.2. The zero-order valence-corrected chi connectivity index (χ0v) is 18.1. The molecule has 0 N–H and O–H groups in total. The summed E-state index contributed by atoms with van der Waals surface area (Å²) in [5.41, 5.74) is 1.21. The van der Waals surface area contributed by atoms with Crippen LogP contribution >= 0.6 is 11.8 Å². The molecule has 1 amide bonds. The first kappa shape index (κ1) is 22.3. The second-order valence-electron chi connectivity index (χ2n) is 7.30. The minimum Gasteiger partial charge on any atom is -0.378 e. The van der Waals surface area contributed by atoms with E-state index in [1.165, 1.54) is 17.8 Å². The maximum Gasteiger partial charge on any atom is 0.416 e. The van der Waals surface area contributed by atoms with Gasteiger partial charge in [0, 0.05) is 30.1 Å². The molecule has 0 radical (unpaired) electrons. The Morgan fingerprint density at radius 2 is 1.81 bits per heavy atom. The first-order valence-corrected chi connectivity index (χ1v) is 11.0. The number of thioether (sulfide) groups is 1. The number of rotatable bonds is 5. The number of hydrogen-bond acceptors (Lipinski definition) is 5. The predicted molar refractivity (Wildman–Crippen MR) is 114 cm³/mol. The van der Waals surface area contributed by atoms with Crippen molar-refractivity contribution in [3.63, 3.8) is 0 Å². The van der Waals surface area contributed by atoms with Gasteiger partial charge in [-0.1, -0.05) is 30.0 Å². The molecule has 2 heterocycles. The summed E-state index contributed by atoms with van der Waals surface area (Å²) in [6.07, 6.45) is -4.42. The number of halogens is 3. The highest BCUT2D eigenvalue weighted by molar-refractivity contribution is 7.98. The molecule has 1 fully saturated rings. The number of nitrogens with zero attached hydrogens (tertiary/aromatic N) is 4. The van der Waals surface area contributed by atoms with Gasteiger partial charge < -0.3 is 9.64 Å². The molecular weight excluding hydrogens is 441 g/mol. The monoisotopic (exact) mass is 462 g/mol. The van der Waals surface area contributed by atoms with Crippen LogP contribution in [-0.2, 0) is 16.7 Å². The van der Waals surface area contributed by atoms with Crippen LogP contribution in [0.3, 0.4) is 0 Å². The van der Waals surface area contributed by atoms with Crippen LogP contribution in [0, 0.1) is 6.92 Å². The summed E-state index contributed by atoms with van der Waals surface area (Å²) < 4.78 is 46.2. The number of hydrogen-bond donors (Lipinski definition) is 0. The molecule has 0 saturated carbocycles. The zero-order chi connectivity index (χ0) is 22.7. The second-order valence-corrected chi connectivity index (χ2v) is 8.25. The molecule has 1 aliphatic rings. The lowest BCUT2D eigenvalue weighted by molar-refractivity contribution is -0.137. The summed E-state index contributed by atoms with van der Waals surface area (Å²) in [4.78, 5) is 14.3. The van der Waals surface area contributed by atoms with E-state index in [1.807, 2.05) is 12.1 Å².